The highest BCUT2D eigenvalue weighted by Crippen LogP contribution is 2.17. The molecule has 0 radical (unpaired) electrons. The molecule has 0 atom stereocenters. The van der Waals surface area contributed by atoms with Crippen LogP contribution in [-0.2, 0) is 0 Å². The number of nitrogens with zero attached hydrogens (tertiary/aromatic N) is 2. The molecule has 0 unspecified atom stereocenters. The normalized spacial score (nSPS) is 9.95. The standard InChI is InChI=1S/C11H10N4O3S/c1-7-5-10(14-18-7)13-11(19)12-8-3-2-4-9(6-8)15(16)17/h2-6H,1H3,(H2,12,13,14,19). The van der Waals surface area contributed by atoms with Crippen molar-refractivity contribution in [1.29, 1.82) is 0 Å². The molecule has 0 aliphatic rings. The Labute approximate surface area is 113 Å². The van der Waals surface area contributed by atoms with Crippen LogP contribution in [0.1, 0.15) is 5.76 Å². The van der Waals surface area contributed by atoms with E-state index in [9.17, 15) is 10.1 Å². The molecule has 0 fully saturated rings. The number of anilines is 2. The number of thiocarbonyl (C=S) groups is 1. The van der Waals surface area contributed by atoms with E-state index in [1.54, 1.807) is 25.1 Å². The van der Waals surface area contributed by atoms with Crippen molar-refractivity contribution < 1.29 is 9.45 Å². The number of aromatic nitrogens is 1. The summed E-state index contributed by atoms with van der Waals surface area (Å²) in [7, 11) is 0. The summed E-state index contributed by atoms with van der Waals surface area (Å²) >= 11 is 5.06. The van der Waals surface area contributed by atoms with Crippen molar-refractivity contribution in [2.24, 2.45) is 0 Å². The van der Waals surface area contributed by atoms with Crippen LogP contribution >= 0.6 is 12.2 Å². The van der Waals surface area contributed by atoms with Crippen LogP contribution in [0, 0.1) is 17.0 Å². The first kappa shape index (κ1) is 13.0. The first-order valence-corrected chi connectivity index (χ1v) is 5.71. The molecule has 8 heteroatoms. The van der Waals surface area contributed by atoms with E-state index in [0.717, 1.165) is 0 Å². The third-order valence-corrected chi connectivity index (χ3v) is 2.39. The number of rotatable bonds is 3. The summed E-state index contributed by atoms with van der Waals surface area (Å²) in [6.07, 6.45) is 0. The third-order valence-electron chi connectivity index (χ3n) is 2.18. The maximum Gasteiger partial charge on any atom is 0.271 e. The zero-order valence-corrected chi connectivity index (χ0v) is 10.7. The number of aryl methyl sites for hydroxylation is 1. The molecule has 1 aromatic carbocycles. The van der Waals surface area contributed by atoms with Crippen LogP contribution < -0.4 is 10.6 Å². The number of non-ortho nitro benzene ring substituents is 1. The van der Waals surface area contributed by atoms with E-state index in [-0.39, 0.29) is 10.8 Å². The molecule has 98 valence electrons. The fraction of sp³-hybridized carbons (Fsp3) is 0.0909. The molecular weight excluding hydrogens is 268 g/mol. The summed E-state index contributed by atoms with van der Waals surface area (Å²) in [4.78, 5) is 10.2. The van der Waals surface area contributed by atoms with Crippen LogP contribution in [0.4, 0.5) is 17.2 Å². The second kappa shape index (κ2) is 5.44. The van der Waals surface area contributed by atoms with Gasteiger partial charge >= 0.3 is 0 Å². The van der Waals surface area contributed by atoms with Crippen LogP contribution in [-0.4, -0.2) is 15.2 Å². The quantitative estimate of drug-likeness (QED) is 0.506. The van der Waals surface area contributed by atoms with Gasteiger partial charge in [0, 0.05) is 23.9 Å². The Morgan fingerprint density at radius 3 is 2.84 bits per heavy atom. The lowest BCUT2D eigenvalue weighted by Gasteiger charge is -2.07. The van der Waals surface area contributed by atoms with Crippen LogP contribution in [0.15, 0.2) is 34.9 Å². The van der Waals surface area contributed by atoms with Crippen LogP contribution in [0.25, 0.3) is 0 Å². The van der Waals surface area contributed by atoms with Gasteiger partial charge in [-0.1, -0.05) is 11.2 Å². The van der Waals surface area contributed by atoms with Gasteiger partial charge in [0.25, 0.3) is 5.69 Å². The monoisotopic (exact) mass is 278 g/mol. The van der Waals surface area contributed by atoms with Crippen molar-refractivity contribution in [1.82, 2.24) is 5.16 Å². The SMILES string of the molecule is Cc1cc(NC(=S)Nc2cccc([N+](=O)[O-])c2)no1. The number of nitrogens with one attached hydrogen (secondary N) is 2. The zero-order chi connectivity index (χ0) is 13.8. The molecule has 7 nitrogen and oxygen atoms in total. The minimum Gasteiger partial charge on any atom is -0.360 e. The van der Waals surface area contributed by atoms with Gasteiger partial charge < -0.3 is 15.2 Å². The fourth-order valence-electron chi connectivity index (χ4n) is 1.40. The van der Waals surface area contributed by atoms with E-state index >= 15 is 0 Å². The van der Waals surface area contributed by atoms with E-state index in [1.165, 1.54) is 12.1 Å². The molecule has 19 heavy (non-hydrogen) atoms. The van der Waals surface area contributed by atoms with Crippen molar-refractivity contribution in [2.75, 3.05) is 10.6 Å². The second-order valence-electron chi connectivity index (χ2n) is 3.71. The number of nitro groups is 1. The van der Waals surface area contributed by atoms with Gasteiger partial charge in [-0.25, -0.2) is 0 Å². The smallest absolute Gasteiger partial charge is 0.271 e. The van der Waals surface area contributed by atoms with E-state index in [2.05, 4.69) is 15.8 Å². The van der Waals surface area contributed by atoms with Crippen molar-refractivity contribution in [3.8, 4) is 0 Å². The Balaban J connectivity index is 2.02. The Morgan fingerprint density at radius 2 is 2.21 bits per heavy atom. The average Bonchev–Trinajstić information content (AvgIpc) is 2.74. The molecule has 0 saturated heterocycles. The van der Waals surface area contributed by atoms with Crippen molar-refractivity contribution in [2.45, 2.75) is 6.92 Å². The van der Waals surface area contributed by atoms with Crippen molar-refractivity contribution in [3.05, 3.63) is 46.2 Å². The first-order chi connectivity index (χ1) is 9.04. The van der Waals surface area contributed by atoms with Gasteiger partial charge in [0.15, 0.2) is 10.9 Å². The number of benzene rings is 1. The molecule has 0 aliphatic carbocycles. The topological polar surface area (TPSA) is 93.2 Å². The third kappa shape index (κ3) is 3.49. The molecule has 0 amide bonds. The maximum atomic E-state index is 10.6. The highest BCUT2D eigenvalue weighted by Gasteiger charge is 2.07. The molecule has 2 aromatic rings. The highest BCUT2D eigenvalue weighted by molar-refractivity contribution is 7.80. The predicted octanol–water partition coefficient (Wildman–Crippen LogP) is 2.70. The summed E-state index contributed by atoms with van der Waals surface area (Å²) in [5.41, 5.74) is 0.511. The van der Waals surface area contributed by atoms with E-state index in [1.807, 2.05) is 0 Å². The molecule has 2 rings (SSSR count). The van der Waals surface area contributed by atoms with Gasteiger partial charge in [-0.3, -0.25) is 10.1 Å². The van der Waals surface area contributed by atoms with Crippen LogP contribution in [0.2, 0.25) is 0 Å². The largest absolute Gasteiger partial charge is 0.360 e. The molecular formula is C11H10N4O3S. The lowest BCUT2D eigenvalue weighted by Crippen LogP contribution is -2.19. The zero-order valence-electron chi connectivity index (χ0n) is 9.91. The number of nitro benzene ring substituents is 1. The van der Waals surface area contributed by atoms with E-state index < -0.39 is 4.92 Å². The Hall–Kier alpha value is -2.48. The summed E-state index contributed by atoms with van der Waals surface area (Å²) in [6.45, 7) is 1.76. The number of hydrogen-bond acceptors (Lipinski definition) is 5. The average molecular weight is 278 g/mol. The van der Waals surface area contributed by atoms with E-state index in [0.29, 0.717) is 17.3 Å². The molecule has 1 aromatic heterocycles. The van der Waals surface area contributed by atoms with Gasteiger partial charge in [-0.2, -0.15) is 0 Å². The molecule has 0 bridgehead atoms. The lowest BCUT2D eigenvalue weighted by atomic mass is 10.3. The molecule has 2 N–H and O–H groups in total. The first-order valence-electron chi connectivity index (χ1n) is 5.30. The van der Waals surface area contributed by atoms with E-state index in [4.69, 9.17) is 16.7 Å². The van der Waals surface area contributed by atoms with Crippen molar-refractivity contribution >= 4 is 34.5 Å². The predicted molar refractivity (Wildman–Crippen MR) is 74.2 cm³/mol. The summed E-state index contributed by atoms with van der Waals surface area (Å²) in [5.74, 6) is 1.13. The van der Waals surface area contributed by atoms with Gasteiger partial charge in [0.05, 0.1) is 4.92 Å². The molecule has 0 spiro atoms. The van der Waals surface area contributed by atoms with Crippen LogP contribution in [0.5, 0.6) is 0 Å². The van der Waals surface area contributed by atoms with Crippen LogP contribution in [0.3, 0.4) is 0 Å². The lowest BCUT2D eigenvalue weighted by molar-refractivity contribution is -0.384. The van der Waals surface area contributed by atoms with Crippen molar-refractivity contribution in [3.63, 3.8) is 0 Å². The number of hydrogen-bond donors (Lipinski definition) is 2. The highest BCUT2D eigenvalue weighted by atomic mass is 32.1. The Kier molecular flexibility index (Phi) is 3.71. The molecule has 1 heterocycles. The molecule has 0 aliphatic heterocycles. The van der Waals surface area contributed by atoms with Gasteiger partial charge in [0.1, 0.15) is 5.76 Å². The van der Waals surface area contributed by atoms with Gasteiger partial charge in [-0.05, 0) is 25.2 Å². The minimum absolute atomic E-state index is 0.00918. The summed E-state index contributed by atoms with van der Waals surface area (Å²) in [5, 5.41) is 20.3. The summed E-state index contributed by atoms with van der Waals surface area (Å²) < 4.78 is 4.88. The Bertz CT molecular complexity index is 626. The maximum absolute atomic E-state index is 10.6. The molecule has 0 saturated carbocycles. The summed E-state index contributed by atoms with van der Waals surface area (Å²) in [6, 6.07) is 7.73. The second-order valence-corrected chi connectivity index (χ2v) is 4.12. The minimum atomic E-state index is -0.470. The Morgan fingerprint density at radius 1 is 1.42 bits per heavy atom. The fourth-order valence-corrected chi connectivity index (χ4v) is 1.62. The van der Waals surface area contributed by atoms with Gasteiger partial charge in [-0.15, -0.1) is 0 Å². The van der Waals surface area contributed by atoms with Gasteiger partial charge in [0.2, 0.25) is 0 Å².